The molecule has 0 N–H and O–H groups in total. The van der Waals surface area contributed by atoms with E-state index in [9.17, 15) is 13.2 Å². The molecule has 0 aliphatic carbocycles. The first-order chi connectivity index (χ1) is 18.8. The summed E-state index contributed by atoms with van der Waals surface area (Å²) in [6, 6.07) is 23.9. The van der Waals surface area contributed by atoms with Crippen molar-refractivity contribution in [1.29, 1.82) is 0 Å². The van der Waals surface area contributed by atoms with Gasteiger partial charge in [-0.2, -0.15) is 13.2 Å². The summed E-state index contributed by atoms with van der Waals surface area (Å²) < 4.78 is 42.8. The summed E-state index contributed by atoms with van der Waals surface area (Å²) in [6.07, 6.45) is -0.496. The molecule has 0 aliphatic rings. The molecule has 0 fully saturated rings. The Morgan fingerprint density at radius 1 is 0.821 bits per heavy atom. The molecule has 0 aliphatic heterocycles. The quantitative estimate of drug-likeness (QED) is 0.174. The van der Waals surface area contributed by atoms with Gasteiger partial charge < -0.3 is 4.57 Å². The predicted octanol–water partition coefficient (Wildman–Crippen LogP) is 9.49. The number of unbranched alkanes of at least 4 members (excludes halogenated alkanes) is 2. The summed E-state index contributed by atoms with van der Waals surface area (Å²) in [5.74, 6) is 0.908. The first-order valence-corrected chi connectivity index (χ1v) is 14.0. The first kappa shape index (κ1) is 28.9. The maximum absolute atomic E-state index is 13.5. The van der Waals surface area contributed by atoms with Crippen LogP contribution in [0.25, 0.3) is 22.6 Å². The van der Waals surface area contributed by atoms with E-state index in [0.717, 1.165) is 73.2 Å². The van der Waals surface area contributed by atoms with Gasteiger partial charge in [-0.05, 0) is 43.1 Å². The van der Waals surface area contributed by atoms with Crippen molar-refractivity contribution in [1.82, 2.24) is 14.5 Å². The Hall–Kier alpha value is -3.09. The van der Waals surface area contributed by atoms with Crippen molar-refractivity contribution < 1.29 is 13.2 Å². The largest absolute Gasteiger partial charge is 0.416 e. The number of aromatic nitrogens is 2. The van der Waals surface area contributed by atoms with Crippen LogP contribution in [0.1, 0.15) is 56.4 Å². The van der Waals surface area contributed by atoms with Crippen molar-refractivity contribution in [3.63, 3.8) is 0 Å². The Morgan fingerprint density at radius 3 is 2.08 bits per heavy atom. The molecule has 0 unspecified atom stereocenters. The Balaban J connectivity index is 1.80. The Bertz CT molecular complexity index is 1330. The molecule has 0 amide bonds. The summed E-state index contributed by atoms with van der Waals surface area (Å²) in [6.45, 7) is 6.68. The van der Waals surface area contributed by atoms with Crippen molar-refractivity contribution in [2.45, 2.75) is 65.3 Å². The van der Waals surface area contributed by atoms with E-state index in [-0.39, 0.29) is 0 Å². The molecule has 1 aromatic heterocycles. The van der Waals surface area contributed by atoms with Crippen LogP contribution in [-0.4, -0.2) is 21.0 Å². The number of hydrogen-bond donors (Lipinski definition) is 0. The number of imidazole rings is 1. The highest BCUT2D eigenvalue weighted by Crippen LogP contribution is 2.34. The van der Waals surface area contributed by atoms with Crippen LogP contribution in [0.4, 0.5) is 13.2 Å². The van der Waals surface area contributed by atoms with Crippen LogP contribution in [0, 0.1) is 0 Å². The lowest BCUT2D eigenvalue weighted by molar-refractivity contribution is -0.137. The van der Waals surface area contributed by atoms with Gasteiger partial charge in [0.1, 0.15) is 5.82 Å². The van der Waals surface area contributed by atoms with Gasteiger partial charge in [-0.15, -0.1) is 0 Å². The average Bonchev–Trinajstić information content (AvgIpc) is 3.29. The first-order valence-electron chi connectivity index (χ1n) is 13.6. The lowest BCUT2D eigenvalue weighted by Gasteiger charge is -2.25. The highest BCUT2D eigenvalue weighted by atomic mass is 35.5. The predicted molar refractivity (Wildman–Crippen MR) is 153 cm³/mol. The number of nitrogens with zero attached hydrogens (tertiary/aromatic N) is 3. The highest BCUT2D eigenvalue weighted by molar-refractivity contribution is 6.31. The van der Waals surface area contributed by atoms with Crippen LogP contribution < -0.4 is 0 Å². The van der Waals surface area contributed by atoms with Gasteiger partial charge in [-0.3, -0.25) is 4.90 Å². The maximum Gasteiger partial charge on any atom is 0.416 e. The standard InChI is InChI=1S/C32H35ClF3N3/c1-3-5-19-38(22-26-21-27(32(34,35)36)17-18-28(26)33)23-29-30(24-13-9-7-10-14-24)37-31(39(29)20-6-4-2)25-15-11-8-12-16-25/h7-18,21H,3-6,19-20,22-23H2,1-2H3. The molecule has 0 spiro atoms. The van der Waals surface area contributed by atoms with Crippen LogP contribution in [0.3, 0.4) is 0 Å². The second-order valence-corrected chi connectivity index (χ2v) is 10.2. The fourth-order valence-electron chi connectivity index (χ4n) is 4.76. The van der Waals surface area contributed by atoms with E-state index in [4.69, 9.17) is 16.6 Å². The van der Waals surface area contributed by atoms with Crippen LogP contribution in [0.15, 0.2) is 78.9 Å². The van der Waals surface area contributed by atoms with Crippen LogP contribution >= 0.6 is 11.6 Å². The Morgan fingerprint density at radius 2 is 1.46 bits per heavy atom. The number of halogens is 4. The number of benzene rings is 3. The molecule has 0 saturated carbocycles. The van der Waals surface area contributed by atoms with Gasteiger partial charge in [0.05, 0.1) is 17.0 Å². The summed E-state index contributed by atoms with van der Waals surface area (Å²) in [5.41, 5.74) is 3.83. The van der Waals surface area contributed by atoms with Gasteiger partial charge in [-0.1, -0.05) is 99.0 Å². The molecule has 3 nitrogen and oxygen atoms in total. The average molecular weight is 554 g/mol. The highest BCUT2D eigenvalue weighted by Gasteiger charge is 2.31. The molecule has 4 rings (SSSR count). The Kier molecular flexibility index (Phi) is 9.87. The molecule has 206 valence electrons. The van der Waals surface area contributed by atoms with E-state index in [2.05, 4.69) is 47.6 Å². The SMILES string of the molecule is CCCCN(Cc1cc(C(F)(F)F)ccc1Cl)Cc1c(-c2ccccc2)nc(-c2ccccc2)n1CCCC. The molecular formula is C32H35ClF3N3. The van der Waals surface area contributed by atoms with Crippen molar-refractivity contribution in [2.24, 2.45) is 0 Å². The van der Waals surface area contributed by atoms with Gasteiger partial charge >= 0.3 is 6.18 Å². The zero-order valence-electron chi connectivity index (χ0n) is 22.5. The lowest BCUT2D eigenvalue weighted by atomic mass is 10.1. The summed E-state index contributed by atoms with van der Waals surface area (Å²) >= 11 is 6.43. The van der Waals surface area contributed by atoms with Gasteiger partial charge in [0, 0.05) is 35.8 Å². The minimum absolute atomic E-state index is 0.316. The van der Waals surface area contributed by atoms with Gasteiger partial charge in [0.25, 0.3) is 0 Å². The molecule has 4 aromatic rings. The zero-order valence-corrected chi connectivity index (χ0v) is 23.3. The topological polar surface area (TPSA) is 21.1 Å². The minimum Gasteiger partial charge on any atom is -0.326 e. The van der Waals surface area contributed by atoms with Crippen LogP contribution in [0.2, 0.25) is 5.02 Å². The second-order valence-electron chi connectivity index (χ2n) is 9.84. The molecule has 0 bridgehead atoms. The number of hydrogen-bond acceptors (Lipinski definition) is 2. The van der Waals surface area contributed by atoms with E-state index < -0.39 is 11.7 Å². The molecule has 39 heavy (non-hydrogen) atoms. The monoisotopic (exact) mass is 553 g/mol. The van der Waals surface area contributed by atoms with Gasteiger partial charge in [-0.25, -0.2) is 4.98 Å². The summed E-state index contributed by atoms with van der Waals surface area (Å²) in [7, 11) is 0. The fraction of sp³-hybridized carbons (Fsp3) is 0.344. The molecular weight excluding hydrogens is 519 g/mol. The Labute approximate surface area is 234 Å². The summed E-state index contributed by atoms with van der Waals surface area (Å²) in [4.78, 5) is 7.37. The number of rotatable bonds is 12. The summed E-state index contributed by atoms with van der Waals surface area (Å²) in [5, 5.41) is 0.345. The second kappa shape index (κ2) is 13.3. The maximum atomic E-state index is 13.5. The van der Waals surface area contributed by atoms with Crippen molar-refractivity contribution in [2.75, 3.05) is 6.54 Å². The lowest BCUT2D eigenvalue weighted by Crippen LogP contribution is -2.26. The molecule has 0 radical (unpaired) electrons. The van der Waals surface area contributed by atoms with E-state index in [1.807, 2.05) is 36.4 Å². The van der Waals surface area contributed by atoms with E-state index in [0.29, 0.717) is 23.7 Å². The van der Waals surface area contributed by atoms with Crippen molar-refractivity contribution >= 4 is 11.6 Å². The zero-order chi connectivity index (χ0) is 27.8. The van der Waals surface area contributed by atoms with Crippen molar-refractivity contribution in [3.05, 3.63) is 101 Å². The van der Waals surface area contributed by atoms with E-state index in [1.165, 1.54) is 12.1 Å². The third-order valence-corrected chi connectivity index (χ3v) is 7.22. The van der Waals surface area contributed by atoms with Gasteiger partial charge in [0.2, 0.25) is 0 Å². The third kappa shape index (κ3) is 7.31. The fourth-order valence-corrected chi connectivity index (χ4v) is 4.94. The molecule has 7 heteroatoms. The normalized spacial score (nSPS) is 11.9. The molecule has 3 aromatic carbocycles. The third-order valence-electron chi connectivity index (χ3n) is 6.86. The van der Waals surface area contributed by atoms with E-state index >= 15 is 0 Å². The van der Waals surface area contributed by atoms with Gasteiger partial charge in [0.15, 0.2) is 0 Å². The minimum atomic E-state index is -4.42. The van der Waals surface area contributed by atoms with E-state index in [1.54, 1.807) is 0 Å². The van der Waals surface area contributed by atoms with Crippen LogP contribution in [0.5, 0.6) is 0 Å². The smallest absolute Gasteiger partial charge is 0.326 e. The number of alkyl halides is 3. The molecule has 0 atom stereocenters. The van der Waals surface area contributed by atoms with Crippen LogP contribution in [-0.2, 0) is 25.8 Å². The van der Waals surface area contributed by atoms with Crippen molar-refractivity contribution in [3.8, 4) is 22.6 Å². The molecule has 1 heterocycles. The molecule has 0 saturated heterocycles.